The van der Waals surface area contributed by atoms with E-state index in [-0.39, 0.29) is 10.6 Å². The molecule has 0 fully saturated rings. The van der Waals surface area contributed by atoms with Crippen LogP contribution in [0.1, 0.15) is 6.42 Å². The van der Waals surface area contributed by atoms with Gasteiger partial charge in [-0.05, 0) is 24.3 Å². The van der Waals surface area contributed by atoms with Crippen LogP contribution in [0, 0.1) is 0 Å². The molecule has 1 aliphatic heterocycles. The number of para-hydroxylation sites is 1. The average molecular weight is 357 g/mol. The van der Waals surface area contributed by atoms with Crippen LogP contribution in [0.2, 0.25) is 0 Å². The molecule has 0 saturated heterocycles. The first kappa shape index (κ1) is 15.7. The first-order valence-electron chi connectivity index (χ1n) is 7.81. The molecule has 0 spiro atoms. The fraction of sp³-hybridized carbons (Fsp3) is 0.167. The molecule has 0 bridgehead atoms. The second-order valence-corrected chi connectivity index (χ2v) is 7.07. The summed E-state index contributed by atoms with van der Waals surface area (Å²) in [6.07, 6.45) is 2.34. The average Bonchev–Trinajstić information content (AvgIpc) is 2.86. The zero-order chi connectivity index (χ0) is 17.3. The van der Waals surface area contributed by atoms with E-state index in [0.29, 0.717) is 30.2 Å². The molecular formula is C18H15NO5S. The fourth-order valence-corrected chi connectivity index (χ4v) is 3.56. The van der Waals surface area contributed by atoms with Crippen LogP contribution in [0.25, 0.3) is 10.9 Å². The third kappa shape index (κ3) is 3.10. The summed E-state index contributed by atoms with van der Waals surface area (Å²) in [5.41, 5.74) is 0.489. The summed E-state index contributed by atoms with van der Waals surface area (Å²) in [7, 11) is -4.03. The number of ether oxygens (including phenoxy) is 2. The molecule has 2 aromatic carbocycles. The Hall–Kier alpha value is -2.80. The van der Waals surface area contributed by atoms with Gasteiger partial charge < -0.3 is 13.7 Å². The number of aromatic nitrogens is 1. The van der Waals surface area contributed by atoms with Gasteiger partial charge >= 0.3 is 10.1 Å². The van der Waals surface area contributed by atoms with Gasteiger partial charge in [-0.25, -0.2) is 0 Å². The van der Waals surface area contributed by atoms with E-state index in [1.54, 1.807) is 30.5 Å². The third-order valence-corrected chi connectivity index (χ3v) is 5.03. The highest BCUT2D eigenvalue weighted by Gasteiger charge is 2.21. The van der Waals surface area contributed by atoms with Crippen LogP contribution < -0.4 is 13.7 Å². The summed E-state index contributed by atoms with van der Waals surface area (Å²) in [5.74, 6) is 1.12. The van der Waals surface area contributed by atoms with E-state index in [9.17, 15) is 8.42 Å². The van der Waals surface area contributed by atoms with Crippen molar-refractivity contribution >= 4 is 21.0 Å². The molecule has 1 aliphatic rings. The van der Waals surface area contributed by atoms with E-state index in [4.69, 9.17) is 13.7 Å². The van der Waals surface area contributed by atoms with Crippen LogP contribution in [0.5, 0.6) is 17.2 Å². The Morgan fingerprint density at radius 1 is 0.960 bits per heavy atom. The summed E-state index contributed by atoms with van der Waals surface area (Å²) in [6, 6.07) is 13.2. The molecule has 0 atom stereocenters. The van der Waals surface area contributed by atoms with Crippen LogP contribution in [-0.4, -0.2) is 26.6 Å². The first-order chi connectivity index (χ1) is 12.1. The van der Waals surface area contributed by atoms with E-state index < -0.39 is 10.1 Å². The topological polar surface area (TPSA) is 74.7 Å². The highest BCUT2D eigenvalue weighted by molar-refractivity contribution is 7.87. The van der Waals surface area contributed by atoms with Gasteiger partial charge in [0.1, 0.15) is 10.4 Å². The van der Waals surface area contributed by atoms with Gasteiger partial charge in [-0.2, -0.15) is 8.42 Å². The number of hydrogen-bond acceptors (Lipinski definition) is 6. The maximum atomic E-state index is 12.7. The smallest absolute Gasteiger partial charge is 0.339 e. The monoisotopic (exact) mass is 357 g/mol. The molecule has 3 aromatic rings. The number of fused-ring (bicyclic) bond motifs is 2. The normalized spacial score (nSPS) is 14.1. The molecule has 0 unspecified atom stereocenters. The van der Waals surface area contributed by atoms with Gasteiger partial charge in [0, 0.05) is 24.1 Å². The molecule has 0 aliphatic carbocycles. The quantitative estimate of drug-likeness (QED) is 0.670. The van der Waals surface area contributed by atoms with Crippen molar-refractivity contribution in [3.8, 4) is 17.2 Å². The Balaban J connectivity index is 1.71. The Morgan fingerprint density at radius 2 is 1.76 bits per heavy atom. The van der Waals surface area contributed by atoms with Gasteiger partial charge in [0.2, 0.25) is 0 Å². The minimum absolute atomic E-state index is 0.00434. The summed E-state index contributed by atoms with van der Waals surface area (Å²) in [4.78, 5) is 4.21. The first-order valence-corrected chi connectivity index (χ1v) is 9.22. The van der Waals surface area contributed by atoms with E-state index in [0.717, 1.165) is 11.8 Å². The number of nitrogens with zero attached hydrogens (tertiary/aromatic N) is 1. The molecular weight excluding hydrogens is 342 g/mol. The van der Waals surface area contributed by atoms with Crippen LogP contribution in [0.15, 0.2) is 59.6 Å². The second kappa shape index (κ2) is 6.25. The van der Waals surface area contributed by atoms with Crippen molar-refractivity contribution in [3.63, 3.8) is 0 Å². The summed E-state index contributed by atoms with van der Waals surface area (Å²) >= 11 is 0. The van der Waals surface area contributed by atoms with Crippen LogP contribution in [0.4, 0.5) is 0 Å². The van der Waals surface area contributed by atoms with Crippen molar-refractivity contribution in [2.45, 2.75) is 11.3 Å². The SMILES string of the molecule is O=S(=O)(Oc1cccc2cccnc12)c1ccc2c(c1)OCCCO2. The second-order valence-electron chi connectivity index (χ2n) is 5.53. The standard InChI is InChI=1S/C18H15NO5S/c20-25(21,14-7-8-15-17(12-14)23-11-3-10-22-15)24-16-6-1-4-13-5-2-9-19-18(13)16/h1-2,4-9,12H,3,10-11H2. The Morgan fingerprint density at radius 3 is 2.64 bits per heavy atom. The Labute approximate surface area is 145 Å². The van der Waals surface area contributed by atoms with E-state index in [2.05, 4.69) is 4.98 Å². The molecule has 2 heterocycles. The van der Waals surface area contributed by atoms with Gasteiger partial charge in [-0.15, -0.1) is 0 Å². The van der Waals surface area contributed by atoms with Crippen molar-refractivity contribution in [2.24, 2.45) is 0 Å². The maximum Gasteiger partial charge on any atom is 0.339 e. The molecule has 25 heavy (non-hydrogen) atoms. The molecule has 4 rings (SSSR count). The lowest BCUT2D eigenvalue weighted by atomic mass is 10.2. The molecule has 6 nitrogen and oxygen atoms in total. The van der Waals surface area contributed by atoms with E-state index >= 15 is 0 Å². The third-order valence-electron chi connectivity index (χ3n) is 3.80. The zero-order valence-corrected chi connectivity index (χ0v) is 14.0. The molecule has 7 heteroatoms. The number of rotatable bonds is 3. The zero-order valence-electron chi connectivity index (χ0n) is 13.2. The maximum absolute atomic E-state index is 12.7. The Kier molecular flexibility index (Phi) is 3.93. The molecule has 128 valence electrons. The molecule has 0 saturated carbocycles. The van der Waals surface area contributed by atoms with Gasteiger partial charge in [-0.1, -0.05) is 18.2 Å². The van der Waals surface area contributed by atoms with Gasteiger partial charge in [0.05, 0.1) is 13.2 Å². The summed E-state index contributed by atoms with van der Waals surface area (Å²) in [5, 5.41) is 0.800. The largest absolute Gasteiger partial charge is 0.490 e. The molecule has 0 amide bonds. The van der Waals surface area contributed by atoms with Gasteiger partial charge in [-0.3, -0.25) is 4.98 Å². The van der Waals surface area contributed by atoms with Crippen LogP contribution in [-0.2, 0) is 10.1 Å². The van der Waals surface area contributed by atoms with Crippen molar-refractivity contribution in [1.82, 2.24) is 4.98 Å². The van der Waals surface area contributed by atoms with E-state index in [1.807, 2.05) is 12.1 Å². The van der Waals surface area contributed by atoms with Crippen molar-refractivity contribution in [1.29, 1.82) is 0 Å². The molecule has 1 aromatic heterocycles. The number of hydrogen-bond donors (Lipinski definition) is 0. The minimum Gasteiger partial charge on any atom is -0.490 e. The van der Waals surface area contributed by atoms with Gasteiger partial charge in [0.15, 0.2) is 17.2 Å². The number of benzene rings is 2. The predicted molar refractivity (Wildman–Crippen MR) is 91.6 cm³/mol. The van der Waals surface area contributed by atoms with Crippen LogP contribution >= 0.6 is 0 Å². The lowest BCUT2D eigenvalue weighted by Gasteiger charge is -2.11. The molecule has 0 radical (unpaired) electrons. The highest BCUT2D eigenvalue weighted by atomic mass is 32.2. The highest BCUT2D eigenvalue weighted by Crippen LogP contribution is 2.33. The fourth-order valence-electron chi connectivity index (χ4n) is 2.61. The van der Waals surface area contributed by atoms with Crippen molar-refractivity contribution in [2.75, 3.05) is 13.2 Å². The van der Waals surface area contributed by atoms with Crippen molar-refractivity contribution < 1.29 is 22.1 Å². The lowest BCUT2D eigenvalue weighted by Crippen LogP contribution is -2.10. The van der Waals surface area contributed by atoms with E-state index in [1.165, 1.54) is 12.1 Å². The predicted octanol–water partition coefficient (Wildman–Crippen LogP) is 3.16. The van der Waals surface area contributed by atoms with Crippen molar-refractivity contribution in [3.05, 3.63) is 54.7 Å². The van der Waals surface area contributed by atoms with Gasteiger partial charge in [0.25, 0.3) is 0 Å². The van der Waals surface area contributed by atoms with Crippen LogP contribution in [0.3, 0.4) is 0 Å². The molecule has 0 N–H and O–H groups in total. The Bertz CT molecular complexity index is 1030. The minimum atomic E-state index is -4.03. The summed E-state index contributed by atoms with van der Waals surface area (Å²) in [6.45, 7) is 1.02. The summed E-state index contributed by atoms with van der Waals surface area (Å²) < 4.78 is 41.7. The lowest BCUT2D eigenvalue weighted by molar-refractivity contribution is 0.296. The number of pyridine rings is 1.